The topological polar surface area (TPSA) is 72.4 Å². The first-order chi connectivity index (χ1) is 9.55. The summed E-state index contributed by atoms with van der Waals surface area (Å²) < 4.78 is 11.5. The lowest BCUT2D eigenvalue weighted by atomic mass is 10.1. The first-order valence-corrected chi connectivity index (χ1v) is 6.40. The van der Waals surface area contributed by atoms with Crippen molar-refractivity contribution in [3.8, 4) is 5.75 Å². The van der Waals surface area contributed by atoms with Gasteiger partial charge < -0.3 is 14.5 Å². The molecule has 2 aromatic heterocycles. The summed E-state index contributed by atoms with van der Waals surface area (Å²) >= 11 is 0. The smallest absolute Gasteiger partial charge is 0.226 e. The summed E-state index contributed by atoms with van der Waals surface area (Å²) in [4.78, 5) is 15.6. The first-order valence-electron chi connectivity index (χ1n) is 6.40. The van der Waals surface area contributed by atoms with Crippen LogP contribution in [0.1, 0.15) is 30.7 Å². The molecule has 0 atom stereocenters. The molecular weight excluding hydrogens is 256 g/mol. The molecular formula is C14H16N4O2. The standard InChI is InChI=1S/C14H16N4O2/c1-9-12-11(8-19-14(2,3)20-12)10(6-17-9)7-18-13-15-4-5-16-13/h4-7H,8H2,1-3H3,(H,15,16). The molecule has 0 bridgehead atoms. The molecule has 0 radical (unpaired) electrons. The molecule has 0 unspecified atom stereocenters. The summed E-state index contributed by atoms with van der Waals surface area (Å²) in [6.07, 6.45) is 6.87. The Labute approximate surface area is 116 Å². The Hall–Kier alpha value is -2.21. The van der Waals surface area contributed by atoms with Gasteiger partial charge >= 0.3 is 0 Å². The average molecular weight is 272 g/mol. The number of imidazole rings is 1. The zero-order chi connectivity index (χ0) is 14.2. The SMILES string of the molecule is Cc1ncc(C=Nc2ncc[nH]2)c2c1OC(C)(C)OC2. The van der Waals surface area contributed by atoms with Crippen LogP contribution < -0.4 is 4.74 Å². The lowest BCUT2D eigenvalue weighted by molar-refractivity contribution is -0.180. The molecule has 0 aromatic carbocycles. The second-order valence-corrected chi connectivity index (χ2v) is 5.07. The second-order valence-electron chi connectivity index (χ2n) is 5.07. The molecule has 104 valence electrons. The maximum Gasteiger partial charge on any atom is 0.226 e. The molecule has 0 fully saturated rings. The lowest BCUT2D eigenvalue weighted by Crippen LogP contribution is -2.36. The fourth-order valence-electron chi connectivity index (χ4n) is 2.03. The number of fused-ring (bicyclic) bond motifs is 1. The van der Waals surface area contributed by atoms with Gasteiger partial charge in [0.25, 0.3) is 0 Å². The van der Waals surface area contributed by atoms with Gasteiger partial charge in [-0.3, -0.25) is 4.98 Å². The van der Waals surface area contributed by atoms with Crippen LogP contribution in [0, 0.1) is 6.92 Å². The Bertz CT molecular complexity index is 647. The van der Waals surface area contributed by atoms with Crippen LogP contribution in [0.2, 0.25) is 0 Å². The van der Waals surface area contributed by atoms with Crippen LogP contribution in [0.15, 0.2) is 23.6 Å². The molecule has 0 aliphatic carbocycles. The highest BCUT2D eigenvalue weighted by molar-refractivity contribution is 5.84. The van der Waals surface area contributed by atoms with E-state index in [0.29, 0.717) is 12.6 Å². The Kier molecular flexibility index (Phi) is 3.02. The van der Waals surface area contributed by atoms with Crippen LogP contribution >= 0.6 is 0 Å². The number of hydrogen-bond acceptors (Lipinski definition) is 5. The van der Waals surface area contributed by atoms with Crippen LogP contribution in [0.5, 0.6) is 5.75 Å². The van der Waals surface area contributed by atoms with Crippen LogP contribution in [0.4, 0.5) is 5.95 Å². The van der Waals surface area contributed by atoms with Crippen molar-refractivity contribution in [3.05, 3.63) is 35.4 Å². The van der Waals surface area contributed by atoms with Gasteiger partial charge in [-0.05, 0) is 6.92 Å². The minimum Gasteiger partial charge on any atom is -0.461 e. The predicted molar refractivity (Wildman–Crippen MR) is 74.3 cm³/mol. The second kappa shape index (κ2) is 4.72. The van der Waals surface area contributed by atoms with Gasteiger partial charge in [-0.15, -0.1) is 0 Å². The van der Waals surface area contributed by atoms with E-state index in [1.54, 1.807) is 24.8 Å². The van der Waals surface area contributed by atoms with Crippen molar-refractivity contribution in [2.45, 2.75) is 33.2 Å². The van der Waals surface area contributed by atoms with Gasteiger partial charge in [-0.2, -0.15) is 0 Å². The van der Waals surface area contributed by atoms with Crippen LogP contribution in [0.25, 0.3) is 0 Å². The Morgan fingerprint density at radius 3 is 3.00 bits per heavy atom. The number of aryl methyl sites for hydroxylation is 1. The van der Waals surface area contributed by atoms with Crippen molar-refractivity contribution in [2.75, 3.05) is 0 Å². The van der Waals surface area contributed by atoms with Crippen molar-refractivity contribution >= 4 is 12.2 Å². The van der Waals surface area contributed by atoms with Gasteiger partial charge in [0.1, 0.15) is 0 Å². The minimum atomic E-state index is -0.629. The van der Waals surface area contributed by atoms with E-state index in [1.807, 2.05) is 20.8 Å². The summed E-state index contributed by atoms with van der Waals surface area (Å²) in [5, 5.41) is 0. The molecule has 6 nitrogen and oxygen atoms in total. The Morgan fingerprint density at radius 1 is 1.40 bits per heavy atom. The maximum absolute atomic E-state index is 5.86. The number of nitrogens with zero attached hydrogens (tertiary/aromatic N) is 3. The maximum atomic E-state index is 5.86. The van der Waals surface area contributed by atoms with Crippen molar-refractivity contribution in [2.24, 2.45) is 4.99 Å². The molecule has 20 heavy (non-hydrogen) atoms. The van der Waals surface area contributed by atoms with Crippen molar-refractivity contribution in [1.29, 1.82) is 0 Å². The fourth-order valence-corrected chi connectivity index (χ4v) is 2.03. The van der Waals surface area contributed by atoms with E-state index >= 15 is 0 Å². The Morgan fingerprint density at radius 2 is 2.25 bits per heavy atom. The number of aliphatic imine (C=N–C) groups is 1. The molecule has 3 rings (SSSR count). The predicted octanol–water partition coefficient (Wildman–Crippen LogP) is 2.51. The quantitative estimate of drug-likeness (QED) is 0.852. The molecule has 6 heteroatoms. The number of pyridine rings is 1. The Balaban J connectivity index is 1.98. The molecule has 1 aliphatic heterocycles. The van der Waals surface area contributed by atoms with E-state index in [9.17, 15) is 0 Å². The third-order valence-corrected chi connectivity index (χ3v) is 3.07. The number of rotatable bonds is 2. The third kappa shape index (κ3) is 2.42. The van der Waals surface area contributed by atoms with E-state index < -0.39 is 5.79 Å². The highest BCUT2D eigenvalue weighted by atomic mass is 16.7. The van der Waals surface area contributed by atoms with Gasteiger partial charge in [0, 0.05) is 49.8 Å². The van der Waals surface area contributed by atoms with Crippen molar-refractivity contribution < 1.29 is 9.47 Å². The summed E-state index contributed by atoms with van der Waals surface area (Å²) in [7, 11) is 0. The summed E-state index contributed by atoms with van der Waals surface area (Å²) in [5.74, 6) is 0.706. The van der Waals surface area contributed by atoms with Crippen LogP contribution in [0.3, 0.4) is 0 Å². The molecule has 0 amide bonds. The van der Waals surface area contributed by atoms with Gasteiger partial charge in [-0.1, -0.05) is 0 Å². The van der Waals surface area contributed by atoms with E-state index in [4.69, 9.17) is 9.47 Å². The normalized spacial score (nSPS) is 16.9. The van der Waals surface area contributed by atoms with Gasteiger partial charge in [-0.25, -0.2) is 9.98 Å². The van der Waals surface area contributed by atoms with E-state index in [-0.39, 0.29) is 0 Å². The monoisotopic (exact) mass is 272 g/mol. The number of aromatic nitrogens is 3. The highest BCUT2D eigenvalue weighted by Gasteiger charge is 2.30. The number of aromatic amines is 1. The van der Waals surface area contributed by atoms with Gasteiger partial charge in [0.2, 0.25) is 11.7 Å². The van der Waals surface area contributed by atoms with Gasteiger partial charge in [0.15, 0.2) is 5.75 Å². The van der Waals surface area contributed by atoms with Crippen molar-refractivity contribution in [3.63, 3.8) is 0 Å². The van der Waals surface area contributed by atoms with Crippen molar-refractivity contribution in [1.82, 2.24) is 15.0 Å². The largest absolute Gasteiger partial charge is 0.461 e. The lowest BCUT2D eigenvalue weighted by Gasteiger charge is -2.33. The average Bonchev–Trinajstić information content (AvgIpc) is 2.91. The summed E-state index contributed by atoms with van der Waals surface area (Å²) in [6.45, 7) is 6.18. The van der Waals surface area contributed by atoms with Crippen LogP contribution in [-0.2, 0) is 11.3 Å². The molecule has 0 saturated carbocycles. The summed E-state index contributed by atoms with van der Waals surface area (Å²) in [6, 6.07) is 0. The summed E-state index contributed by atoms with van der Waals surface area (Å²) in [5.41, 5.74) is 2.69. The molecule has 1 N–H and O–H groups in total. The minimum absolute atomic E-state index is 0.477. The number of hydrogen-bond donors (Lipinski definition) is 1. The third-order valence-electron chi connectivity index (χ3n) is 3.07. The molecule has 1 aliphatic rings. The van der Waals surface area contributed by atoms with E-state index in [0.717, 1.165) is 22.6 Å². The van der Waals surface area contributed by atoms with E-state index in [2.05, 4.69) is 19.9 Å². The number of nitrogens with one attached hydrogen (secondary N) is 1. The highest BCUT2D eigenvalue weighted by Crippen LogP contribution is 2.34. The number of H-pyrrole nitrogens is 1. The fraction of sp³-hybridized carbons (Fsp3) is 0.357. The number of ether oxygens (including phenoxy) is 2. The zero-order valence-corrected chi connectivity index (χ0v) is 11.7. The van der Waals surface area contributed by atoms with E-state index in [1.165, 1.54) is 0 Å². The zero-order valence-electron chi connectivity index (χ0n) is 11.7. The molecule has 3 heterocycles. The molecule has 0 saturated heterocycles. The van der Waals surface area contributed by atoms with Gasteiger partial charge in [0.05, 0.1) is 12.3 Å². The first kappa shape index (κ1) is 12.8. The molecule has 2 aromatic rings. The van der Waals surface area contributed by atoms with Crippen LogP contribution in [-0.4, -0.2) is 27.0 Å². The molecule has 0 spiro atoms.